The number of aromatic hydroxyl groups is 1. The van der Waals surface area contributed by atoms with E-state index < -0.39 is 0 Å². The predicted molar refractivity (Wildman–Crippen MR) is 93.9 cm³/mol. The van der Waals surface area contributed by atoms with Crippen LogP contribution < -0.4 is 9.80 Å². The van der Waals surface area contributed by atoms with Crippen LogP contribution in [0.4, 0.5) is 0 Å². The number of phenols is 1. The van der Waals surface area contributed by atoms with Crippen LogP contribution in [0, 0.1) is 0 Å². The second kappa shape index (κ2) is 7.51. The summed E-state index contributed by atoms with van der Waals surface area (Å²) in [5.74, 6) is 0.421. The number of nitrogens with one attached hydrogen (secondary N) is 2. The lowest BCUT2D eigenvalue weighted by molar-refractivity contribution is -0.970. The zero-order valence-electron chi connectivity index (χ0n) is 14.1. The van der Waals surface area contributed by atoms with Crippen molar-refractivity contribution in [3.8, 4) is 5.75 Å². The fourth-order valence-corrected chi connectivity index (χ4v) is 4.63. The Labute approximate surface area is 147 Å². The van der Waals surface area contributed by atoms with Crippen LogP contribution in [0.3, 0.4) is 0 Å². The van der Waals surface area contributed by atoms with Gasteiger partial charge in [-0.05, 0) is 32.0 Å². The van der Waals surface area contributed by atoms with Gasteiger partial charge >= 0.3 is 0 Å². The molecule has 3 rings (SSSR count). The third kappa shape index (κ3) is 4.47. The van der Waals surface area contributed by atoms with Crippen molar-refractivity contribution in [2.24, 2.45) is 0 Å². The topological polar surface area (TPSA) is 38.3 Å². The van der Waals surface area contributed by atoms with Gasteiger partial charge in [0.25, 0.3) is 0 Å². The highest BCUT2D eigenvalue weighted by atomic mass is 79.9. The van der Waals surface area contributed by atoms with E-state index in [2.05, 4.69) is 29.8 Å². The van der Waals surface area contributed by atoms with Crippen LogP contribution in [0.2, 0.25) is 0 Å². The minimum Gasteiger partial charge on any atom is -0.507 e. The average molecular weight is 385 g/mol. The highest BCUT2D eigenvalue weighted by Crippen LogP contribution is 2.21. The monoisotopic (exact) mass is 384 g/mol. The van der Waals surface area contributed by atoms with Gasteiger partial charge in [-0.3, -0.25) is 0 Å². The minimum absolute atomic E-state index is 0.387. The van der Waals surface area contributed by atoms with Gasteiger partial charge in [-0.25, -0.2) is 0 Å². The molecule has 4 nitrogen and oxygen atoms in total. The van der Waals surface area contributed by atoms with Crippen LogP contribution in [-0.2, 0) is 11.3 Å². The molecular weight excluding hydrogens is 356 g/mol. The summed E-state index contributed by atoms with van der Waals surface area (Å²) in [4.78, 5) is 3.32. The largest absolute Gasteiger partial charge is 0.507 e. The van der Waals surface area contributed by atoms with Crippen molar-refractivity contribution in [1.29, 1.82) is 0 Å². The highest BCUT2D eigenvalue weighted by Gasteiger charge is 2.35. The Morgan fingerprint density at radius 2 is 1.83 bits per heavy atom. The van der Waals surface area contributed by atoms with Crippen molar-refractivity contribution in [2.75, 3.05) is 26.2 Å². The maximum absolute atomic E-state index is 10.0. The number of ether oxygens (including phenoxy) is 1. The SMILES string of the molecule is CC1C[NH+](C2CC[NH+](Cc3cc(Br)ccc3O)CC2)CC(C)O1. The second-order valence-electron chi connectivity index (χ2n) is 7.30. The Kier molecular flexibility index (Phi) is 5.62. The van der Waals surface area contributed by atoms with Gasteiger partial charge in [0.05, 0.1) is 19.1 Å². The van der Waals surface area contributed by atoms with Gasteiger partial charge < -0.3 is 19.6 Å². The molecule has 1 aromatic rings. The molecule has 0 amide bonds. The summed E-state index contributed by atoms with van der Waals surface area (Å²) >= 11 is 3.50. The lowest BCUT2D eigenvalue weighted by Crippen LogP contribution is -3.22. The molecule has 0 radical (unpaired) electrons. The summed E-state index contributed by atoms with van der Waals surface area (Å²) in [6.45, 7) is 10.0. The zero-order chi connectivity index (χ0) is 16.4. The van der Waals surface area contributed by atoms with Gasteiger partial charge in [0.2, 0.25) is 0 Å². The van der Waals surface area contributed by atoms with Crippen molar-refractivity contribution in [2.45, 2.75) is 51.5 Å². The van der Waals surface area contributed by atoms with E-state index >= 15 is 0 Å². The molecule has 2 saturated heterocycles. The van der Waals surface area contributed by atoms with E-state index in [0.29, 0.717) is 18.0 Å². The number of halogens is 1. The number of quaternary nitrogens is 2. The van der Waals surface area contributed by atoms with E-state index in [-0.39, 0.29) is 0 Å². The standard InChI is InChI=1S/C18H27BrN2O2/c1-13-10-21(11-14(2)23-13)17-5-7-20(8-6-17)12-15-9-16(19)3-4-18(15)22/h3-4,9,13-14,17,22H,5-8,10-12H2,1-2H3/p+2. The first-order valence-electron chi connectivity index (χ1n) is 8.82. The zero-order valence-corrected chi connectivity index (χ0v) is 15.7. The lowest BCUT2D eigenvalue weighted by atomic mass is 10.0. The lowest BCUT2D eigenvalue weighted by Gasteiger charge is -2.39. The number of hydrogen-bond donors (Lipinski definition) is 3. The van der Waals surface area contributed by atoms with Gasteiger partial charge in [0.15, 0.2) is 0 Å². The molecule has 0 aliphatic carbocycles. The molecular formula is C18H29BrN2O2+2. The molecule has 2 heterocycles. The average Bonchev–Trinajstić information content (AvgIpc) is 2.51. The first-order valence-corrected chi connectivity index (χ1v) is 9.61. The van der Waals surface area contributed by atoms with Crippen LogP contribution in [0.5, 0.6) is 5.75 Å². The molecule has 128 valence electrons. The summed E-state index contributed by atoms with van der Waals surface area (Å²) in [5, 5.41) is 10.0. The Bertz CT molecular complexity index is 522. The summed E-state index contributed by atoms with van der Waals surface area (Å²) in [7, 11) is 0. The number of likely N-dealkylation sites (tertiary alicyclic amines) is 1. The smallest absolute Gasteiger partial charge is 0.124 e. The Morgan fingerprint density at radius 1 is 1.17 bits per heavy atom. The number of hydrogen-bond acceptors (Lipinski definition) is 2. The second-order valence-corrected chi connectivity index (χ2v) is 8.21. The van der Waals surface area contributed by atoms with Crippen LogP contribution in [0.25, 0.3) is 0 Å². The van der Waals surface area contributed by atoms with Crippen molar-refractivity contribution in [3.05, 3.63) is 28.2 Å². The van der Waals surface area contributed by atoms with E-state index in [9.17, 15) is 5.11 Å². The normalized spacial score (nSPS) is 35.2. The van der Waals surface area contributed by atoms with E-state index in [4.69, 9.17) is 4.74 Å². The Hall–Kier alpha value is -0.620. The summed E-state index contributed by atoms with van der Waals surface area (Å²) in [5.41, 5.74) is 1.05. The number of piperidine rings is 1. The van der Waals surface area contributed by atoms with E-state index in [0.717, 1.165) is 35.7 Å². The fourth-order valence-electron chi connectivity index (χ4n) is 4.22. The highest BCUT2D eigenvalue weighted by molar-refractivity contribution is 9.10. The molecule has 1 aromatic carbocycles. The molecule has 2 aliphatic heterocycles. The summed E-state index contributed by atoms with van der Waals surface area (Å²) < 4.78 is 6.92. The Morgan fingerprint density at radius 3 is 2.48 bits per heavy atom. The van der Waals surface area contributed by atoms with Crippen LogP contribution in [0.15, 0.2) is 22.7 Å². The molecule has 0 aromatic heterocycles. The van der Waals surface area contributed by atoms with Gasteiger partial charge in [-0.1, -0.05) is 15.9 Å². The van der Waals surface area contributed by atoms with Crippen molar-refractivity contribution < 1.29 is 19.6 Å². The number of morpholine rings is 1. The first kappa shape index (κ1) is 17.2. The molecule has 2 unspecified atom stereocenters. The molecule has 2 aliphatic rings. The minimum atomic E-state index is 0.387. The molecule has 0 bridgehead atoms. The first-order chi connectivity index (χ1) is 11.0. The van der Waals surface area contributed by atoms with Crippen molar-refractivity contribution >= 4 is 15.9 Å². The van der Waals surface area contributed by atoms with E-state index in [1.54, 1.807) is 15.9 Å². The fraction of sp³-hybridized carbons (Fsp3) is 0.667. The third-order valence-corrected chi connectivity index (χ3v) is 5.81. The predicted octanol–water partition coefficient (Wildman–Crippen LogP) is 0.394. The molecule has 0 spiro atoms. The quantitative estimate of drug-likeness (QED) is 0.705. The molecule has 5 heteroatoms. The third-order valence-electron chi connectivity index (χ3n) is 5.32. The van der Waals surface area contributed by atoms with E-state index in [1.165, 1.54) is 25.9 Å². The number of phenolic OH excluding ortho intramolecular Hbond substituents is 1. The van der Waals surface area contributed by atoms with Gasteiger partial charge in [0, 0.05) is 22.9 Å². The summed E-state index contributed by atoms with van der Waals surface area (Å²) in [6.07, 6.45) is 3.33. The van der Waals surface area contributed by atoms with Gasteiger partial charge in [-0.2, -0.15) is 0 Å². The summed E-state index contributed by atoms with van der Waals surface area (Å²) in [6, 6.07) is 6.51. The van der Waals surface area contributed by atoms with Crippen LogP contribution in [-0.4, -0.2) is 49.5 Å². The number of rotatable bonds is 3. The molecule has 2 atom stereocenters. The maximum atomic E-state index is 10.0. The molecule has 23 heavy (non-hydrogen) atoms. The van der Waals surface area contributed by atoms with Crippen LogP contribution in [0.1, 0.15) is 32.3 Å². The maximum Gasteiger partial charge on any atom is 0.124 e. The molecule has 2 fully saturated rings. The van der Waals surface area contributed by atoms with Gasteiger partial charge in [0.1, 0.15) is 37.6 Å². The van der Waals surface area contributed by atoms with E-state index in [1.807, 2.05) is 12.1 Å². The van der Waals surface area contributed by atoms with Crippen molar-refractivity contribution in [3.63, 3.8) is 0 Å². The molecule has 0 saturated carbocycles. The Balaban J connectivity index is 1.53. The van der Waals surface area contributed by atoms with Crippen molar-refractivity contribution in [1.82, 2.24) is 0 Å². The molecule has 3 N–H and O–H groups in total. The number of benzene rings is 1. The van der Waals surface area contributed by atoms with Crippen LogP contribution >= 0.6 is 15.9 Å². The van der Waals surface area contributed by atoms with Gasteiger partial charge in [-0.15, -0.1) is 0 Å².